The van der Waals surface area contributed by atoms with Gasteiger partial charge in [0, 0.05) is 0 Å². The molecule has 144 valence electrons. The van der Waals surface area contributed by atoms with Gasteiger partial charge in [0.05, 0.1) is 19.1 Å². The quantitative estimate of drug-likeness (QED) is 0.667. The van der Waals surface area contributed by atoms with Crippen LogP contribution in [0, 0.1) is 0 Å². The Kier molecular flexibility index (Phi) is 4.82. The lowest BCUT2D eigenvalue weighted by Crippen LogP contribution is -2.44. The first-order valence-corrected chi connectivity index (χ1v) is 11.5. The first-order valence-electron chi connectivity index (χ1n) is 8.59. The lowest BCUT2D eigenvalue weighted by Gasteiger charge is -2.37. The smallest absolute Gasteiger partial charge is 0.261 e. The fourth-order valence-corrected chi connectivity index (χ4v) is 3.65. The van der Waals surface area contributed by atoms with E-state index in [0.29, 0.717) is 5.39 Å². The van der Waals surface area contributed by atoms with Crippen molar-refractivity contribution in [3.8, 4) is 0 Å². The van der Waals surface area contributed by atoms with E-state index in [1.807, 2.05) is 0 Å². The summed E-state index contributed by atoms with van der Waals surface area (Å²) in [6.45, 7) is 10.8. The van der Waals surface area contributed by atoms with E-state index in [4.69, 9.17) is 9.16 Å². The monoisotopic (exact) mass is 382 g/mol. The maximum Gasteiger partial charge on any atom is 0.261 e. The van der Waals surface area contributed by atoms with Crippen LogP contribution < -0.4 is 5.56 Å². The normalized spacial score (nSPS) is 27.3. The van der Waals surface area contributed by atoms with Crippen LogP contribution in [0.2, 0.25) is 18.1 Å². The molecule has 3 rings (SSSR count). The predicted octanol–water partition coefficient (Wildman–Crippen LogP) is 0.761. The molecule has 1 saturated heterocycles. The summed E-state index contributed by atoms with van der Waals surface area (Å²) in [6, 6.07) is 0. The summed E-state index contributed by atoms with van der Waals surface area (Å²) >= 11 is 0. The molecule has 3 N–H and O–H groups in total. The van der Waals surface area contributed by atoms with E-state index in [9.17, 15) is 15.0 Å². The maximum atomic E-state index is 11.8. The summed E-state index contributed by atoms with van der Waals surface area (Å²) in [6.07, 6.45) is -1.32. The SMILES string of the molecule is CC(C)(C)[Si](C)(C)OC[C@H]1O[C@@H](n2ncc3c(=O)[nH]cnc32)[C@H](O)[C@@H]1O. The van der Waals surface area contributed by atoms with E-state index in [1.54, 1.807) is 0 Å². The fourth-order valence-electron chi connectivity index (χ4n) is 2.64. The third-order valence-corrected chi connectivity index (χ3v) is 9.89. The van der Waals surface area contributed by atoms with Crippen molar-refractivity contribution in [3.63, 3.8) is 0 Å². The van der Waals surface area contributed by atoms with Gasteiger partial charge in [-0.1, -0.05) is 20.8 Å². The highest BCUT2D eigenvalue weighted by Gasteiger charge is 2.46. The number of aliphatic hydroxyl groups is 2. The molecule has 0 radical (unpaired) electrons. The molecular formula is C16H26N4O5Si. The van der Waals surface area contributed by atoms with Gasteiger partial charge < -0.3 is 24.4 Å². The molecule has 0 amide bonds. The van der Waals surface area contributed by atoms with E-state index < -0.39 is 32.9 Å². The van der Waals surface area contributed by atoms with E-state index in [0.717, 1.165) is 0 Å². The molecule has 1 aliphatic heterocycles. The molecule has 0 spiro atoms. The molecule has 0 aromatic carbocycles. The molecule has 9 nitrogen and oxygen atoms in total. The highest BCUT2D eigenvalue weighted by Crippen LogP contribution is 2.38. The number of nitrogens with one attached hydrogen (secondary N) is 1. The summed E-state index contributed by atoms with van der Waals surface area (Å²) in [4.78, 5) is 18.4. The molecule has 3 heterocycles. The van der Waals surface area contributed by atoms with Gasteiger partial charge in [0.2, 0.25) is 0 Å². The minimum absolute atomic E-state index is 0.0255. The molecule has 26 heavy (non-hydrogen) atoms. The number of hydrogen-bond acceptors (Lipinski definition) is 7. The summed E-state index contributed by atoms with van der Waals surface area (Å²) in [5, 5.41) is 25.2. The van der Waals surface area contributed by atoms with Gasteiger partial charge in [0.1, 0.15) is 23.7 Å². The van der Waals surface area contributed by atoms with Crippen LogP contribution in [0.25, 0.3) is 11.0 Å². The standard InChI is InChI=1S/C16H26N4O5Si/c1-16(2,3)26(4,5)24-7-10-11(21)12(22)15(25-10)20-13-9(6-19-20)14(23)18-8-17-13/h6,8,10-12,15,21-22H,7H2,1-5H3,(H,17,18,23)/t10-,11-,12-,15-/m1/s1. The first kappa shape index (κ1) is 19.2. The van der Waals surface area contributed by atoms with Crippen LogP contribution in [0.3, 0.4) is 0 Å². The Bertz CT molecular complexity index is 843. The van der Waals surface area contributed by atoms with Crippen LogP contribution in [0.4, 0.5) is 0 Å². The van der Waals surface area contributed by atoms with Gasteiger partial charge in [-0.2, -0.15) is 5.10 Å². The summed E-state index contributed by atoms with van der Waals surface area (Å²) < 4.78 is 13.3. The lowest BCUT2D eigenvalue weighted by molar-refractivity contribution is -0.0548. The average molecular weight is 382 g/mol. The summed E-state index contributed by atoms with van der Waals surface area (Å²) in [7, 11) is -2.02. The molecule has 0 bridgehead atoms. The van der Waals surface area contributed by atoms with Crippen molar-refractivity contribution in [2.75, 3.05) is 6.61 Å². The number of fused-ring (bicyclic) bond motifs is 1. The Morgan fingerprint density at radius 1 is 1.35 bits per heavy atom. The second-order valence-corrected chi connectivity index (χ2v) is 13.0. The number of hydrogen-bond donors (Lipinski definition) is 3. The third-order valence-electron chi connectivity index (χ3n) is 5.39. The Hall–Kier alpha value is -1.59. The summed E-state index contributed by atoms with van der Waals surface area (Å²) in [5.74, 6) is 0. The number of aromatic amines is 1. The van der Waals surface area contributed by atoms with Gasteiger partial charge in [-0.05, 0) is 18.1 Å². The van der Waals surface area contributed by atoms with E-state index in [2.05, 4.69) is 48.9 Å². The molecule has 4 atom stereocenters. The first-order chi connectivity index (χ1) is 12.0. The van der Waals surface area contributed by atoms with Crippen molar-refractivity contribution in [1.29, 1.82) is 0 Å². The Labute approximate surface area is 152 Å². The zero-order valence-corrected chi connectivity index (χ0v) is 16.6. The predicted molar refractivity (Wildman–Crippen MR) is 97.2 cm³/mol. The number of nitrogens with zero attached hydrogens (tertiary/aromatic N) is 3. The zero-order chi connectivity index (χ0) is 19.3. The van der Waals surface area contributed by atoms with E-state index in [1.165, 1.54) is 17.2 Å². The topological polar surface area (TPSA) is 122 Å². The molecule has 2 aromatic heterocycles. The van der Waals surface area contributed by atoms with Crippen LogP contribution >= 0.6 is 0 Å². The van der Waals surface area contributed by atoms with Gasteiger partial charge in [-0.15, -0.1) is 0 Å². The van der Waals surface area contributed by atoms with Crippen molar-refractivity contribution < 1.29 is 19.4 Å². The van der Waals surface area contributed by atoms with Crippen LogP contribution in [-0.2, 0) is 9.16 Å². The van der Waals surface area contributed by atoms with Crippen LogP contribution in [0.15, 0.2) is 17.3 Å². The number of aromatic nitrogens is 4. The lowest BCUT2D eigenvalue weighted by atomic mass is 10.1. The number of aliphatic hydroxyl groups excluding tert-OH is 2. The average Bonchev–Trinajstić information content (AvgIpc) is 3.08. The number of ether oxygens (including phenoxy) is 1. The van der Waals surface area contributed by atoms with Gasteiger partial charge in [-0.25, -0.2) is 9.67 Å². The molecule has 2 aromatic rings. The largest absolute Gasteiger partial charge is 0.414 e. The number of H-pyrrole nitrogens is 1. The van der Waals surface area contributed by atoms with Crippen LogP contribution in [0.5, 0.6) is 0 Å². The second-order valence-electron chi connectivity index (χ2n) is 8.18. The Morgan fingerprint density at radius 3 is 2.69 bits per heavy atom. The zero-order valence-electron chi connectivity index (χ0n) is 15.6. The molecule has 0 aliphatic carbocycles. The van der Waals surface area contributed by atoms with Crippen LogP contribution in [-0.4, -0.2) is 63.2 Å². The minimum Gasteiger partial charge on any atom is -0.414 e. The molecule has 10 heteroatoms. The molecule has 1 aliphatic rings. The summed E-state index contributed by atoms with van der Waals surface area (Å²) in [5.41, 5.74) is -0.0388. The third kappa shape index (κ3) is 3.23. The Morgan fingerprint density at radius 2 is 2.04 bits per heavy atom. The van der Waals surface area contributed by atoms with E-state index >= 15 is 0 Å². The highest BCUT2D eigenvalue weighted by atomic mass is 28.4. The maximum absolute atomic E-state index is 11.8. The second kappa shape index (κ2) is 6.53. The van der Waals surface area contributed by atoms with Crippen LogP contribution in [0.1, 0.15) is 27.0 Å². The van der Waals surface area contributed by atoms with Crippen molar-refractivity contribution in [3.05, 3.63) is 22.9 Å². The highest BCUT2D eigenvalue weighted by molar-refractivity contribution is 6.74. The van der Waals surface area contributed by atoms with E-state index in [-0.39, 0.29) is 22.9 Å². The Balaban J connectivity index is 1.79. The van der Waals surface area contributed by atoms with Crippen molar-refractivity contribution >= 4 is 19.4 Å². The fraction of sp³-hybridized carbons (Fsp3) is 0.688. The minimum atomic E-state index is -2.02. The van der Waals surface area contributed by atoms with Gasteiger partial charge in [0.25, 0.3) is 5.56 Å². The van der Waals surface area contributed by atoms with Gasteiger partial charge >= 0.3 is 0 Å². The molecule has 1 fully saturated rings. The van der Waals surface area contributed by atoms with Crippen molar-refractivity contribution in [1.82, 2.24) is 19.7 Å². The van der Waals surface area contributed by atoms with Gasteiger partial charge in [-0.3, -0.25) is 4.79 Å². The van der Waals surface area contributed by atoms with Crippen molar-refractivity contribution in [2.24, 2.45) is 0 Å². The molecule has 0 saturated carbocycles. The van der Waals surface area contributed by atoms with Gasteiger partial charge in [0.15, 0.2) is 20.2 Å². The number of rotatable bonds is 4. The molecule has 0 unspecified atom stereocenters. The molecular weight excluding hydrogens is 356 g/mol. The van der Waals surface area contributed by atoms with Crippen molar-refractivity contribution in [2.45, 2.75) is 63.4 Å².